The number of hydrogen-bond donors (Lipinski definition) is 0. The van der Waals surface area contributed by atoms with Gasteiger partial charge in [-0.1, -0.05) is 6.07 Å². The van der Waals surface area contributed by atoms with E-state index in [1.165, 1.54) is 12.1 Å². The third-order valence-electron chi connectivity index (χ3n) is 2.45. The monoisotopic (exact) mass is 302 g/mol. The molecule has 0 amide bonds. The first-order valence-corrected chi connectivity index (χ1v) is 6.39. The van der Waals surface area contributed by atoms with Crippen molar-refractivity contribution >= 4 is 39.7 Å². The zero-order valence-corrected chi connectivity index (χ0v) is 11.8. The molecule has 0 saturated heterocycles. The zero-order chi connectivity index (χ0) is 14.4. The van der Waals surface area contributed by atoms with Crippen LogP contribution in [0.4, 0.5) is 0 Å². The second-order valence-corrected chi connectivity index (χ2v) is 4.41. The van der Waals surface area contributed by atoms with E-state index in [1.807, 2.05) is 0 Å². The molecule has 6 heteroatoms. The fourth-order valence-corrected chi connectivity index (χ4v) is 1.86. The lowest BCUT2D eigenvalue weighted by Crippen LogP contribution is -2.07. The average Bonchev–Trinajstić information content (AvgIpc) is 2.36. The predicted molar refractivity (Wildman–Crippen MR) is 71.8 cm³/mol. The molecule has 0 spiro atoms. The minimum Gasteiger partial charge on any atom is -0.466 e. The Bertz CT molecular complexity index is 511. The second kappa shape index (κ2) is 7.26. The summed E-state index contributed by atoms with van der Waals surface area (Å²) in [5.41, 5.74) is 0.942. The van der Waals surface area contributed by atoms with Crippen molar-refractivity contribution < 1.29 is 19.1 Å². The number of carbonyl (C=O) groups excluding carboxylic acids is 3. The minimum atomic E-state index is -0.696. The third-order valence-corrected chi connectivity index (χ3v) is 2.87. The predicted octanol–water partition coefficient (Wildman–Crippen LogP) is 2.94. The van der Waals surface area contributed by atoms with Crippen LogP contribution in [0.5, 0.6) is 0 Å². The van der Waals surface area contributed by atoms with Gasteiger partial charge in [0.25, 0.3) is 10.5 Å². The van der Waals surface area contributed by atoms with Gasteiger partial charge >= 0.3 is 5.97 Å². The molecule has 4 nitrogen and oxygen atoms in total. The first-order valence-electron chi connectivity index (χ1n) is 5.64. The molecule has 0 aromatic heterocycles. The third kappa shape index (κ3) is 4.65. The fourth-order valence-electron chi connectivity index (χ4n) is 1.57. The molecule has 0 N–H and O–H groups in total. The molecule has 1 aromatic carbocycles. The van der Waals surface area contributed by atoms with E-state index in [9.17, 15) is 14.4 Å². The van der Waals surface area contributed by atoms with Gasteiger partial charge in [0.15, 0.2) is 0 Å². The molecule has 102 valence electrons. The Hall–Kier alpha value is -1.39. The van der Waals surface area contributed by atoms with Crippen LogP contribution in [0, 0.1) is 0 Å². The molecule has 0 radical (unpaired) electrons. The van der Waals surface area contributed by atoms with Crippen molar-refractivity contribution in [1.29, 1.82) is 0 Å². The highest BCUT2D eigenvalue weighted by molar-refractivity contribution is 6.69. The Morgan fingerprint density at radius 3 is 2.37 bits per heavy atom. The van der Waals surface area contributed by atoms with Crippen LogP contribution in [0.15, 0.2) is 18.2 Å². The first kappa shape index (κ1) is 15.7. The lowest BCUT2D eigenvalue weighted by molar-refractivity contribution is -0.143. The number of hydrogen-bond acceptors (Lipinski definition) is 4. The summed E-state index contributed by atoms with van der Waals surface area (Å²) in [6.45, 7) is 2.02. The molecular weight excluding hydrogens is 291 g/mol. The number of rotatable bonds is 6. The lowest BCUT2D eigenvalue weighted by Gasteiger charge is -2.07. The number of halogens is 2. The molecule has 0 bridgehead atoms. The molecular formula is C13H12Cl2O4. The number of esters is 1. The van der Waals surface area contributed by atoms with E-state index in [0.717, 1.165) is 0 Å². The average molecular weight is 303 g/mol. The van der Waals surface area contributed by atoms with Gasteiger partial charge in [0.2, 0.25) is 0 Å². The molecule has 0 heterocycles. The Morgan fingerprint density at radius 1 is 1.16 bits per heavy atom. The molecule has 0 unspecified atom stereocenters. The van der Waals surface area contributed by atoms with Crippen LogP contribution in [-0.2, 0) is 16.0 Å². The van der Waals surface area contributed by atoms with Crippen LogP contribution in [0.3, 0.4) is 0 Å². The largest absolute Gasteiger partial charge is 0.466 e. The van der Waals surface area contributed by atoms with Crippen molar-refractivity contribution in [2.45, 2.75) is 19.8 Å². The van der Waals surface area contributed by atoms with Gasteiger partial charge in [0.1, 0.15) is 0 Å². The van der Waals surface area contributed by atoms with Crippen LogP contribution >= 0.6 is 23.2 Å². The molecule has 0 aliphatic heterocycles. The lowest BCUT2D eigenvalue weighted by atomic mass is 10.0. The summed E-state index contributed by atoms with van der Waals surface area (Å²) < 4.78 is 4.79. The number of carbonyl (C=O) groups is 3. The Morgan fingerprint density at radius 2 is 1.84 bits per heavy atom. The number of benzene rings is 1. The summed E-state index contributed by atoms with van der Waals surface area (Å²) in [5.74, 6) is -0.354. The Kier molecular flexibility index (Phi) is 5.99. The maximum absolute atomic E-state index is 11.3. The smallest absolute Gasteiger partial charge is 0.306 e. The highest BCUT2D eigenvalue weighted by Gasteiger charge is 2.14. The van der Waals surface area contributed by atoms with Gasteiger partial charge in [-0.2, -0.15) is 0 Å². The highest BCUT2D eigenvalue weighted by atomic mass is 35.5. The molecule has 1 aromatic rings. The summed E-state index contributed by atoms with van der Waals surface area (Å²) in [5, 5.41) is -1.37. The van der Waals surface area contributed by atoms with Crippen LogP contribution in [0.2, 0.25) is 0 Å². The minimum absolute atomic E-state index is 0.138. The van der Waals surface area contributed by atoms with Crippen LogP contribution in [0.1, 0.15) is 39.6 Å². The molecule has 1 rings (SSSR count). The second-order valence-electron chi connectivity index (χ2n) is 3.72. The molecule has 19 heavy (non-hydrogen) atoms. The van der Waals surface area contributed by atoms with Crippen molar-refractivity contribution in [2.75, 3.05) is 6.61 Å². The van der Waals surface area contributed by atoms with Crippen molar-refractivity contribution in [1.82, 2.24) is 0 Å². The summed E-state index contributed by atoms with van der Waals surface area (Å²) in [6.07, 6.45) is 0.447. The fraction of sp³-hybridized carbons (Fsp3) is 0.308. The van der Waals surface area contributed by atoms with E-state index in [0.29, 0.717) is 18.6 Å². The number of ether oxygens (including phenoxy) is 1. The van der Waals surface area contributed by atoms with Gasteiger partial charge in [-0.3, -0.25) is 14.4 Å². The Labute approximate surface area is 120 Å². The molecule has 0 saturated carbocycles. The van der Waals surface area contributed by atoms with Gasteiger partial charge < -0.3 is 4.74 Å². The summed E-state index contributed by atoms with van der Waals surface area (Å²) in [6, 6.07) is 4.37. The topological polar surface area (TPSA) is 60.4 Å². The van der Waals surface area contributed by atoms with Gasteiger partial charge in [-0.15, -0.1) is 0 Å². The normalized spacial score (nSPS) is 10.1. The zero-order valence-electron chi connectivity index (χ0n) is 10.2. The van der Waals surface area contributed by atoms with Gasteiger partial charge in [0, 0.05) is 17.5 Å². The van der Waals surface area contributed by atoms with E-state index in [2.05, 4.69) is 0 Å². The summed E-state index contributed by atoms with van der Waals surface area (Å²) in [7, 11) is 0. The summed E-state index contributed by atoms with van der Waals surface area (Å²) in [4.78, 5) is 33.6. The van der Waals surface area contributed by atoms with E-state index >= 15 is 0 Å². The maximum Gasteiger partial charge on any atom is 0.306 e. The molecule has 0 aliphatic carbocycles. The highest BCUT2D eigenvalue weighted by Crippen LogP contribution is 2.18. The van der Waals surface area contributed by atoms with E-state index in [1.54, 1.807) is 13.0 Å². The number of aryl methyl sites for hydroxylation is 1. The molecule has 0 aliphatic rings. The first-order chi connectivity index (χ1) is 8.95. The van der Waals surface area contributed by atoms with E-state index in [-0.39, 0.29) is 23.5 Å². The van der Waals surface area contributed by atoms with Gasteiger partial charge in [-0.25, -0.2) is 0 Å². The van der Waals surface area contributed by atoms with Gasteiger partial charge in [-0.05, 0) is 54.2 Å². The van der Waals surface area contributed by atoms with E-state index in [4.69, 9.17) is 27.9 Å². The standard InChI is InChI=1S/C13H12Cl2O4/c1-2-19-11(16)6-5-8-3-4-9(12(14)17)7-10(8)13(15)18/h3-4,7H,2,5-6H2,1H3. The molecule has 0 atom stereocenters. The van der Waals surface area contributed by atoms with Gasteiger partial charge in [0.05, 0.1) is 6.61 Å². The van der Waals surface area contributed by atoms with E-state index < -0.39 is 10.5 Å². The van der Waals surface area contributed by atoms with Crippen LogP contribution < -0.4 is 0 Å². The van der Waals surface area contributed by atoms with Crippen molar-refractivity contribution in [2.24, 2.45) is 0 Å². The van der Waals surface area contributed by atoms with Crippen molar-refractivity contribution in [3.63, 3.8) is 0 Å². The van der Waals surface area contributed by atoms with Crippen molar-refractivity contribution in [3.8, 4) is 0 Å². The molecule has 0 fully saturated rings. The van der Waals surface area contributed by atoms with Crippen LogP contribution in [-0.4, -0.2) is 23.1 Å². The van der Waals surface area contributed by atoms with Crippen LogP contribution in [0.25, 0.3) is 0 Å². The maximum atomic E-state index is 11.3. The van der Waals surface area contributed by atoms with Crippen molar-refractivity contribution in [3.05, 3.63) is 34.9 Å². The SMILES string of the molecule is CCOC(=O)CCc1ccc(C(=O)Cl)cc1C(=O)Cl. The summed E-state index contributed by atoms with van der Waals surface area (Å²) >= 11 is 10.8. The quantitative estimate of drug-likeness (QED) is 0.599. The Balaban J connectivity index is 2.91.